The van der Waals surface area contributed by atoms with Crippen molar-refractivity contribution in [2.75, 3.05) is 12.4 Å². The van der Waals surface area contributed by atoms with Crippen molar-refractivity contribution in [2.24, 2.45) is 5.14 Å². The van der Waals surface area contributed by atoms with Crippen LogP contribution >= 0.6 is 0 Å². The number of methoxy groups -OCH3 is 1. The predicted octanol–water partition coefficient (Wildman–Crippen LogP) is 0.846. The number of nitrogens with one attached hydrogen (secondary N) is 1. The minimum Gasteiger partial charge on any atom is -0.505 e. The average molecular weight is 416 g/mol. The molecule has 2 aromatic carbocycles. The standard InChI is InChI=1S/C18H16N4O6S/c1-28-15-5-3-2-4-13(15)22-16(24)10-14(23)17(21-22)18(25)20-11-6-8-12(9-7-11)29(19,26)27/h2-10,23H,1H3,(H,20,25)(H2,19,26,27). The van der Waals surface area contributed by atoms with Crippen LogP contribution in [-0.2, 0) is 10.0 Å². The maximum absolute atomic E-state index is 12.5. The van der Waals surface area contributed by atoms with Crippen LogP contribution in [-0.4, -0.2) is 36.3 Å². The summed E-state index contributed by atoms with van der Waals surface area (Å²) in [5, 5.41) is 21.5. The summed E-state index contributed by atoms with van der Waals surface area (Å²) < 4.78 is 28.7. The van der Waals surface area contributed by atoms with Crippen LogP contribution in [0.2, 0.25) is 0 Å². The van der Waals surface area contributed by atoms with Gasteiger partial charge in [0.2, 0.25) is 10.0 Å². The molecule has 0 bridgehead atoms. The number of anilines is 1. The quantitative estimate of drug-likeness (QED) is 0.557. The van der Waals surface area contributed by atoms with Gasteiger partial charge in [-0.1, -0.05) is 12.1 Å². The third kappa shape index (κ3) is 4.25. The smallest absolute Gasteiger partial charge is 0.279 e. The van der Waals surface area contributed by atoms with Crippen LogP contribution in [0, 0.1) is 0 Å². The Balaban J connectivity index is 1.96. The summed E-state index contributed by atoms with van der Waals surface area (Å²) in [4.78, 5) is 24.7. The molecular formula is C18H16N4O6S. The van der Waals surface area contributed by atoms with Crippen molar-refractivity contribution in [3.8, 4) is 17.2 Å². The van der Waals surface area contributed by atoms with E-state index in [2.05, 4.69) is 10.4 Å². The molecular weight excluding hydrogens is 400 g/mol. The van der Waals surface area contributed by atoms with Crippen molar-refractivity contribution in [1.82, 2.24) is 9.78 Å². The molecule has 0 aliphatic heterocycles. The van der Waals surface area contributed by atoms with Gasteiger partial charge in [0.15, 0.2) is 11.4 Å². The highest BCUT2D eigenvalue weighted by Gasteiger charge is 2.19. The second-order valence-electron chi connectivity index (χ2n) is 5.82. The highest BCUT2D eigenvalue weighted by Crippen LogP contribution is 2.22. The number of rotatable bonds is 5. The number of hydrogen-bond acceptors (Lipinski definition) is 7. The highest BCUT2D eigenvalue weighted by molar-refractivity contribution is 7.89. The molecule has 0 spiro atoms. The molecule has 0 saturated heterocycles. The molecule has 1 amide bonds. The van der Waals surface area contributed by atoms with Crippen LogP contribution in [0.25, 0.3) is 5.69 Å². The summed E-state index contributed by atoms with van der Waals surface area (Å²) >= 11 is 0. The first kappa shape index (κ1) is 20.0. The van der Waals surface area contributed by atoms with Crippen LogP contribution in [0.3, 0.4) is 0 Å². The third-order valence-corrected chi connectivity index (χ3v) is 4.81. The molecule has 1 aromatic heterocycles. The number of sulfonamides is 1. The molecule has 0 unspecified atom stereocenters. The van der Waals surface area contributed by atoms with Crippen molar-refractivity contribution in [3.63, 3.8) is 0 Å². The Hall–Kier alpha value is -3.70. The molecule has 0 radical (unpaired) electrons. The number of para-hydroxylation sites is 2. The number of ether oxygens (including phenoxy) is 1. The van der Waals surface area contributed by atoms with Crippen LogP contribution < -0.4 is 20.8 Å². The number of amides is 1. The molecule has 0 aliphatic carbocycles. The van der Waals surface area contributed by atoms with Crippen LogP contribution in [0.15, 0.2) is 64.3 Å². The molecule has 11 heteroatoms. The number of primary sulfonamides is 1. The summed E-state index contributed by atoms with van der Waals surface area (Å²) in [7, 11) is -2.45. The Morgan fingerprint density at radius 2 is 1.83 bits per heavy atom. The lowest BCUT2D eigenvalue weighted by Gasteiger charge is -2.12. The second kappa shape index (κ2) is 7.73. The summed E-state index contributed by atoms with van der Waals surface area (Å²) in [6.07, 6.45) is 0. The van der Waals surface area contributed by atoms with Crippen LogP contribution in [0.1, 0.15) is 10.5 Å². The van der Waals surface area contributed by atoms with Crippen molar-refractivity contribution in [1.29, 1.82) is 0 Å². The van der Waals surface area contributed by atoms with E-state index >= 15 is 0 Å². The molecule has 0 aliphatic rings. The lowest BCUT2D eigenvalue weighted by Crippen LogP contribution is -2.25. The first-order chi connectivity index (χ1) is 13.7. The van der Waals surface area contributed by atoms with Gasteiger partial charge in [-0.3, -0.25) is 9.59 Å². The van der Waals surface area contributed by atoms with Crippen LogP contribution in [0.5, 0.6) is 11.5 Å². The van der Waals surface area contributed by atoms with Crippen LogP contribution in [0.4, 0.5) is 5.69 Å². The Bertz CT molecular complexity index is 1240. The Labute approximate surface area is 165 Å². The van der Waals surface area contributed by atoms with Gasteiger partial charge in [-0.2, -0.15) is 9.78 Å². The van der Waals surface area contributed by atoms with E-state index in [9.17, 15) is 23.1 Å². The molecule has 3 rings (SSSR count). The number of hydrogen-bond donors (Lipinski definition) is 3. The predicted molar refractivity (Wildman–Crippen MR) is 104 cm³/mol. The first-order valence-electron chi connectivity index (χ1n) is 8.11. The van der Waals surface area contributed by atoms with Gasteiger partial charge in [0.25, 0.3) is 11.5 Å². The molecule has 4 N–H and O–H groups in total. The molecule has 0 saturated carbocycles. The van der Waals surface area contributed by atoms with Crippen molar-refractivity contribution in [2.45, 2.75) is 4.90 Å². The SMILES string of the molecule is COc1ccccc1-n1nc(C(=O)Nc2ccc(S(N)(=O)=O)cc2)c(O)cc1=O. The number of nitrogens with two attached hydrogens (primary N) is 1. The first-order valence-corrected chi connectivity index (χ1v) is 9.66. The molecule has 1 heterocycles. The minimum absolute atomic E-state index is 0.124. The Morgan fingerprint density at radius 3 is 2.45 bits per heavy atom. The zero-order valence-corrected chi connectivity index (χ0v) is 15.9. The zero-order valence-electron chi connectivity index (χ0n) is 15.1. The third-order valence-electron chi connectivity index (χ3n) is 3.88. The van der Waals surface area contributed by atoms with Gasteiger partial charge in [-0.25, -0.2) is 13.6 Å². The number of aromatic nitrogens is 2. The molecule has 0 atom stereocenters. The van der Waals surface area contributed by atoms with E-state index in [0.717, 1.165) is 10.7 Å². The fourth-order valence-electron chi connectivity index (χ4n) is 2.50. The van der Waals surface area contributed by atoms with Crippen molar-refractivity contribution in [3.05, 3.63) is 70.6 Å². The maximum Gasteiger partial charge on any atom is 0.279 e. The molecule has 0 fully saturated rings. The summed E-state index contributed by atoms with van der Waals surface area (Å²) in [5.74, 6) is -1.08. The maximum atomic E-state index is 12.5. The van der Waals surface area contributed by atoms with E-state index in [1.165, 1.54) is 31.4 Å². The van der Waals surface area contributed by atoms with Crippen molar-refractivity contribution < 1.29 is 23.1 Å². The number of benzene rings is 2. The van der Waals surface area contributed by atoms with E-state index < -0.39 is 32.9 Å². The summed E-state index contributed by atoms with van der Waals surface area (Å²) in [6.45, 7) is 0. The zero-order chi connectivity index (χ0) is 21.2. The molecule has 3 aromatic rings. The highest BCUT2D eigenvalue weighted by atomic mass is 32.2. The van der Waals surface area contributed by atoms with Gasteiger partial charge in [-0.05, 0) is 36.4 Å². The van der Waals surface area contributed by atoms with E-state index in [1.54, 1.807) is 24.3 Å². The van der Waals surface area contributed by atoms with Gasteiger partial charge in [-0.15, -0.1) is 0 Å². The molecule has 10 nitrogen and oxygen atoms in total. The molecule has 150 valence electrons. The van der Waals surface area contributed by atoms with E-state index in [1.807, 2.05) is 0 Å². The number of carbonyl (C=O) groups excluding carboxylic acids is 1. The summed E-state index contributed by atoms with van der Waals surface area (Å²) in [6, 6.07) is 12.5. The van der Waals surface area contributed by atoms with Gasteiger partial charge in [0, 0.05) is 11.8 Å². The largest absolute Gasteiger partial charge is 0.505 e. The number of nitrogens with zero attached hydrogens (tertiary/aromatic N) is 2. The fourth-order valence-corrected chi connectivity index (χ4v) is 3.02. The second-order valence-corrected chi connectivity index (χ2v) is 7.39. The number of carbonyl (C=O) groups is 1. The monoisotopic (exact) mass is 416 g/mol. The van der Waals surface area contributed by atoms with Gasteiger partial charge in [0.05, 0.1) is 12.0 Å². The van der Waals surface area contributed by atoms with E-state index in [-0.39, 0.29) is 16.3 Å². The van der Waals surface area contributed by atoms with E-state index in [4.69, 9.17) is 9.88 Å². The van der Waals surface area contributed by atoms with Gasteiger partial charge >= 0.3 is 0 Å². The Morgan fingerprint density at radius 1 is 1.17 bits per heavy atom. The summed E-state index contributed by atoms with van der Waals surface area (Å²) in [5.41, 5.74) is -0.558. The van der Waals surface area contributed by atoms with E-state index in [0.29, 0.717) is 5.75 Å². The lowest BCUT2D eigenvalue weighted by molar-refractivity contribution is 0.101. The molecule has 29 heavy (non-hydrogen) atoms. The lowest BCUT2D eigenvalue weighted by atomic mass is 10.2. The Kier molecular flexibility index (Phi) is 5.35. The topological polar surface area (TPSA) is 154 Å². The van der Waals surface area contributed by atoms with Crippen molar-refractivity contribution >= 4 is 21.6 Å². The van der Waals surface area contributed by atoms with Gasteiger partial charge < -0.3 is 15.2 Å². The fraction of sp³-hybridized carbons (Fsp3) is 0.0556. The number of aromatic hydroxyl groups is 1. The average Bonchev–Trinajstić information content (AvgIpc) is 2.67. The normalized spacial score (nSPS) is 11.1. The minimum atomic E-state index is -3.87. The van der Waals surface area contributed by atoms with Gasteiger partial charge in [0.1, 0.15) is 11.4 Å².